The number of aromatic hydroxyl groups is 1. The molecule has 0 saturated heterocycles. The van der Waals surface area contributed by atoms with Gasteiger partial charge < -0.3 is 14.4 Å². The van der Waals surface area contributed by atoms with Crippen LogP contribution in [0.1, 0.15) is 5.56 Å². The number of aryl methyl sites for hydroxylation is 1. The van der Waals surface area contributed by atoms with Crippen molar-refractivity contribution in [2.24, 2.45) is 0 Å². The molecule has 3 aromatic rings. The SMILES string of the molecule is COc1cccc(-c2nc(-c3cnccc3C)no2)c1O. The first kappa shape index (κ1) is 13.1. The van der Waals surface area contributed by atoms with Crippen LogP contribution in [0.5, 0.6) is 11.5 Å². The second kappa shape index (κ2) is 5.24. The van der Waals surface area contributed by atoms with E-state index in [0.29, 0.717) is 17.1 Å². The van der Waals surface area contributed by atoms with Crippen molar-refractivity contribution < 1.29 is 14.4 Å². The molecule has 0 aliphatic heterocycles. The maximum absolute atomic E-state index is 10.1. The molecule has 0 bridgehead atoms. The number of nitrogens with zero attached hydrogens (tertiary/aromatic N) is 3. The van der Waals surface area contributed by atoms with Gasteiger partial charge in [-0.2, -0.15) is 4.98 Å². The fourth-order valence-corrected chi connectivity index (χ4v) is 2.00. The Hall–Kier alpha value is -2.89. The standard InChI is InChI=1S/C15H13N3O3/c1-9-6-7-16-8-11(9)14-17-15(21-18-14)10-4-3-5-12(20-2)13(10)19/h3-8,19H,1-2H3. The monoisotopic (exact) mass is 283 g/mol. The molecule has 6 heteroatoms. The summed E-state index contributed by atoms with van der Waals surface area (Å²) < 4.78 is 10.3. The predicted octanol–water partition coefficient (Wildman–Crippen LogP) is 2.82. The number of rotatable bonds is 3. The average Bonchev–Trinajstić information content (AvgIpc) is 2.97. The molecule has 0 aliphatic rings. The minimum absolute atomic E-state index is 0.0295. The van der Waals surface area contributed by atoms with Crippen LogP contribution in [0, 0.1) is 6.92 Å². The molecule has 0 aliphatic carbocycles. The van der Waals surface area contributed by atoms with Crippen LogP contribution in [-0.4, -0.2) is 27.3 Å². The van der Waals surface area contributed by atoms with Crippen molar-refractivity contribution in [1.82, 2.24) is 15.1 Å². The van der Waals surface area contributed by atoms with Gasteiger partial charge in [-0.25, -0.2) is 0 Å². The average molecular weight is 283 g/mol. The third-order valence-corrected chi connectivity index (χ3v) is 3.16. The Morgan fingerprint density at radius 3 is 2.81 bits per heavy atom. The van der Waals surface area contributed by atoms with Gasteiger partial charge in [0.1, 0.15) is 0 Å². The van der Waals surface area contributed by atoms with Crippen molar-refractivity contribution in [2.75, 3.05) is 7.11 Å². The third kappa shape index (κ3) is 2.31. The number of phenolic OH excluding ortho intramolecular Hbond substituents is 1. The molecule has 106 valence electrons. The lowest BCUT2D eigenvalue weighted by atomic mass is 10.1. The number of hydrogen-bond acceptors (Lipinski definition) is 6. The number of para-hydroxylation sites is 1. The van der Waals surface area contributed by atoms with Gasteiger partial charge in [0.25, 0.3) is 5.89 Å². The normalized spacial score (nSPS) is 10.6. The Kier molecular flexibility index (Phi) is 3.27. The predicted molar refractivity (Wildman–Crippen MR) is 75.9 cm³/mol. The van der Waals surface area contributed by atoms with Crippen LogP contribution < -0.4 is 4.74 Å². The summed E-state index contributed by atoms with van der Waals surface area (Å²) in [4.78, 5) is 8.37. The molecule has 0 unspecified atom stereocenters. The molecule has 0 radical (unpaired) electrons. The minimum Gasteiger partial charge on any atom is -0.504 e. The number of pyridine rings is 1. The second-order valence-electron chi connectivity index (χ2n) is 4.47. The van der Waals surface area contributed by atoms with E-state index in [2.05, 4.69) is 15.1 Å². The lowest BCUT2D eigenvalue weighted by Gasteiger charge is -2.04. The summed E-state index contributed by atoms with van der Waals surface area (Å²) in [7, 11) is 1.48. The van der Waals surface area contributed by atoms with E-state index in [4.69, 9.17) is 9.26 Å². The maximum Gasteiger partial charge on any atom is 0.262 e. The van der Waals surface area contributed by atoms with Gasteiger partial charge in [-0.05, 0) is 30.7 Å². The van der Waals surface area contributed by atoms with Crippen molar-refractivity contribution in [3.63, 3.8) is 0 Å². The molecule has 21 heavy (non-hydrogen) atoms. The molecular weight excluding hydrogens is 270 g/mol. The first-order valence-electron chi connectivity index (χ1n) is 6.31. The van der Waals surface area contributed by atoms with E-state index < -0.39 is 0 Å². The van der Waals surface area contributed by atoms with Crippen molar-refractivity contribution in [1.29, 1.82) is 0 Å². The van der Waals surface area contributed by atoms with Gasteiger partial charge in [0.2, 0.25) is 5.82 Å². The fraction of sp³-hybridized carbons (Fsp3) is 0.133. The zero-order valence-corrected chi connectivity index (χ0v) is 11.6. The van der Waals surface area contributed by atoms with Crippen LogP contribution in [0.4, 0.5) is 0 Å². The highest BCUT2D eigenvalue weighted by Gasteiger charge is 2.17. The van der Waals surface area contributed by atoms with Crippen molar-refractivity contribution in [2.45, 2.75) is 6.92 Å². The van der Waals surface area contributed by atoms with E-state index in [1.165, 1.54) is 7.11 Å². The van der Waals surface area contributed by atoms with E-state index in [0.717, 1.165) is 11.1 Å². The Bertz CT molecular complexity index is 783. The van der Waals surface area contributed by atoms with E-state index in [1.807, 2.05) is 13.0 Å². The molecule has 1 N–H and O–H groups in total. The van der Waals surface area contributed by atoms with E-state index in [9.17, 15) is 5.11 Å². The third-order valence-electron chi connectivity index (χ3n) is 3.16. The largest absolute Gasteiger partial charge is 0.504 e. The summed E-state index contributed by atoms with van der Waals surface area (Å²) in [5, 5.41) is 14.1. The number of benzene rings is 1. The number of methoxy groups -OCH3 is 1. The number of hydrogen-bond donors (Lipinski definition) is 1. The smallest absolute Gasteiger partial charge is 0.262 e. The Balaban J connectivity index is 2.05. The van der Waals surface area contributed by atoms with E-state index in [1.54, 1.807) is 30.6 Å². The molecule has 0 spiro atoms. The number of phenols is 1. The van der Waals surface area contributed by atoms with Crippen LogP contribution in [-0.2, 0) is 0 Å². The fourth-order valence-electron chi connectivity index (χ4n) is 2.00. The van der Waals surface area contributed by atoms with Crippen molar-refractivity contribution >= 4 is 0 Å². The van der Waals surface area contributed by atoms with Crippen molar-refractivity contribution in [3.8, 4) is 34.3 Å². The van der Waals surface area contributed by atoms with Crippen LogP contribution >= 0.6 is 0 Å². The quantitative estimate of drug-likeness (QED) is 0.796. The van der Waals surface area contributed by atoms with Gasteiger partial charge >= 0.3 is 0 Å². The molecule has 0 atom stereocenters. The summed E-state index contributed by atoms with van der Waals surface area (Å²) in [5.41, 5.74) is 2.21. The van der Waals surface area contributed by atoms with Crippen LogP contribution in [0.25, 0.3) is 22.8 Å². The summed E-state index contributed by atoms with van der Waals surface area (Å²) in [6.07, 6.45) is 3.38. The summed E-state index contributed by atoms with van der Waals surface area (Å²) in [5.74, 6) is 0.977. The number of aromatic nitrogens is 3. The Morgan fingerprint density at radius 2 is 2.05 bits per heavy atom. The molecular formula is C15H13N3O3. The highest BCUT2D eigenvalue weighted by molar-refractivity contribution is 5.68. The van der Waals surface area contributed by atoms with Crippen LogP contribution in [0.15, 0.2) is 41.2 Å². The highest BCUT2D eigenvalue weighted by Crippen LogP contribution is 2.36. The highest BCUT2D eigenvalue weighted by atomic mass is 16.5. The lowest BCUT2D eigenvalue weighted by molar-refractivity contribution is 0.371. The molecule has 0 fully saturated rings. The Labute approximate surface area is 121 Å². The van der Waals surface area contributed by atoms with E-state index in [-0.39, 0.29) is 11.6 Å². The zero-order chi connectivity index (χ0) is 14.8. The Morgan fingerprint density at radius 1 is 1.19 bits per heavy atom. The molecule has 3 rings (SSSR count). The number of ether oxygens (including phenoxy) is 1. The van der Waals surface area contributed by atoms with Gasteiger partial charge in [0.15, 0.2) is 11.5 Å². The van der Waals surface area contributed by atoms with Gasteiger partial charge in [-0.1, -0.05) is 11.2 Å². The van der Waals surface area contributed by atoms with Crippen LogP contribution in [0.2, 0.25) is 0 Å². The summed E-state index contributed by atoms with van der Waals surface area (Å²) in [6, 6.07) is 6.95. The second-order valence-corrected chi connectivity index (χ2v) is 4.47. The van der Waals surface area contributed by atoms with Crippen molar-refractivity contribution in [3.05, 3.63) is 42.2 Å². The first-order chi connectivity index (χ1) is 10.2. The lowest BCUT2D eigenvalue weighted by Crippen LogP contribution is -1.88. The molecule has 2 heterocycles. The van der Waals surface area contributed by atoms with Gasteiger partial charge in [0, 0.05) is 18.0 Å². The minimum atomic E-state index is -0.0295. The molecule has 0 amide bonds. The van der Waals surface area contributed by atoms with E-state index >= 15 is 0 Å². The molecule has 2 aromatic heterocycles. The molecule has 6 nitrogen and oxygen atoms in total. The molecule has 0 saturated carbocycles. The summed E-state index contributed by atoms with van der Waals surface area (Å²) >= 11 is 0. The zero-order valence-electron chi connectivity index (χ0n) is 11.6. The topological polar surface area (TPSA) is 81.3 Å². The first-order valence-corrected chi connectivity index (χ1v) is 6.31. The van der Waals surface area contributed by atoms with Gasteiger partial charge in [-0.3, -0.25) is 4.98 Å². The van der Waals surface area contributed by atoms with Crippen LogP contribution in [0.3, 0.4) is 0 Å². The van der Waals surface area contributed by atoms with Gasteiger partial charge in [0.05, 0.1) is 12.7 Å². The molecule has 1 aromatic carbocycles. The maximum atomic E-state index is 10.1. The summed E-state index contributed by atoms with van der Waals surface area (Å²) in [6.45, 7) is 1.94. The van der Waals surface area contributed by atoms with Gasteiger partial charge in [-0.15, -0.1) is 0 Å².